The zero-order valence-electron chi connectivity index (χ0n) is 13.5. The summed E-state index contributed by atoms with van der Waals surface area (Å²) in [4.78, 5) is 17.4. The summed E-state index contributed by atoms with van der Waals surface area (Å²) in [5.41, 5.74) is 6.67. The van der Waals surface area contributed by atoms with E-state index in [2.05, 4.69) is 10.8 Å². The second kappa shape index (κ2) is 7.08. The fourth-order valence-electron chi connectivity index (χ4n) is 2.66. The van der Waals surface area contributed by atoms with E-state index >= 15 is 0 Å². The van der Waals surface area contributed by atoms with Crippen molar-refractivity contribution < 1.29 is 14.7 Å². The molecule has 0 spiro atoms. The Bertz CT molecular complexity index is 769. The monoisotopic (exact) mass is 324 g/mol. The molecule has 1 heterocycles. The molecule has 5 nitrogen and oxygen atoms in total. The fraction of sp³-hybridized carbons (Fsp3) is 0.211. The molecule has 24 heavy (non-hydrogen) atoms. The number of phenolic OH excluding ortho intramolecular Hbond substituents is 1. The molecule has 124 valence electrons. The highest BCUT2D eigenvalue weighted by atomic mass is 16.6. The first-order valence-corrected chi connectivity index (χ1v) is 7.90. The third-order valence-corrected chi connectivity index (χ3v) is 4.01. The first kappa shape index (κ1) is 15.9. The summed E-state index contributed by atoms with van der Waals surface area (Å²) in [6.07, 6.45) is 1.00. The van der Waals surface area contributed by atoms with Gasteiger partial charge in [-0.3, -0.25) is 4.79 Å². The van der Waals surface area contributed by atoms with Gasteiger partial charge in [-0.2, -0.15) is 0 Å². The van der Waals surface area contributed by atoms with Crippen molar-refractivity contribution in [1.82, 2.24) is 10.8 Å². The SMILES string of the molecule is CC1=C(CCNC(=O)Cc2ccccc2)NOc2ccc(O)cc21. The number of rotatable bonds is 5. The van der Waals surface area contributed by atoms with E-state index < -0.39 is 0 Å². The van der Waals surface area contributed by atoms with Gasteiger partial charge >= 0.3 is 0 Å². The van der Waals surface area contributed by atoms with E-state index in [0.29, 0.717) is 25.1 Å². The van der Waals surface area contributed by atoms with Crippen molar-refractivity contribution in [2.24, 2.45) is 0 Å². The summed E-state index contributed by atoms with van der Waals surface area (Å²) in [5.74, 6) is 0.880. The summed E-state index contributed by atoms with van der Waals surface area (Å²) in [5, 5.41) is 12.5. The molecule has 1 aliphatic heterocycles. The van der Waals surface area contributed by atoms with Crippen molar-refractivity contribution in [3.63, 3.8) is 0 Å². The van der Waals surface area contributed by atoms with Crippen LogP contribution in [-0.4, -0.2) is 17.6 Å². The van der Waals surface area contributed by atoms with Crippen LogP contribution in [0.2, 0.25) is 0 Å². The highest BCUT2D eigenvalue weighted by Gasteiger charge is 2.17. The van der Waals surface area contributed by atoms with Crippen molar-refractivity contribution in [2.75, 3.05) is 6.54 Å². The smallest absolute Gasteiger partial charge is 0.224 e. The van der Waals surface area contributed by atoms with Gasteiger partial charge in [0.05, 0.1) is 12.1 Å². The third-order valence-electron chi connectivity index (χ3n) is 4.01. The van der Waals surface area contributed by atoms with E-state index in [1.54, 1.807) is 18.2 Å². The lowest BCUT2D eigenvalue weighted by atomic mass is 10.0. The van der Waals surface area contributed by atoms with Crippen LogP contribution in [0.4, 0.5) is 0 Å². The van der Waals surface area contributed by atoms with Crippen LogP contribution in [0.3, 0.4) is 0 Å². The molecule has 0 saturated heterocycles. The van der Waals surface area contributed by atoms with Crippen LogP contribution in [0, 0.1) is 0 Å². The van der Waals surface area contributed by atoms with E-state index in [4.69, 9.17) is 4.84 Å². The quantitative estimate of drug-likeness (QED) is 0.791. The number of hydroxylamine groups is 1. The number of nitrogens with one attached hydrogen (secondary N) is 2. The lowest BCUT2D eigenvalue weighted by Gasteiger charge is -2.23. The molecule has 3 N–H and O–H groups in total. The van der Waals surface area contributed by atoms with Crippen LogP contribution < -0.4 is 15.6 Å². The van der Waals surface area contributed by atoms with Gasteiger partial charge in [0.1, 0.15) is 5.75 Å². The van der Waals surface area contributed by atoms with Crippen LogP contribution in [0.15, 0.2) is 54.2 Å². The van der Waals surface area contributed by atoms with Crippen molar-refractivity contribution >= 4 is 11.5 Å². The van der Waals surface area contributed by atoms with Gasteiger partial charge in [0.2, 0.25) is 5.91 Å². The molecule has 0 aliphatic carbocycles. The second-order valence-corrected chi connectivity index (χ2v) is 5.75. The Morgan fingerprint density at radius 2 is 2.00 bits per heavy atom. The molecule has 3 rings (SSSR count). The Morgan fingerprint density at radius 3 is 2.79 bits per heavy atom. The average Bonchev–Trinajstić information content (AvgIpc) is 2.58. The molecule has 0 bridgehead atoms. The number of benzene rings is 2. The molecule has 2 aromatic rings. The molecule has 1 amide bonds. The van der Waals surface area contributed by atoms with Crippen LogP contribution >= 0.6 is 0 Å². The maximum absolute atomic E-state index is 12.0. The van der Waals surface area contributed by atoms with Gasteiger partial charge in [-0.25, -0.2) is 5.48 Å². The maximum Gasteiger partial charge on any atom is 0.224 e. The minimum Gasteiger partial charge on any atom is -0.508 e. The van der Waals surface area contributed by atoms with Crippen molar-refractivity contribution in [3.8, 4) is 11.5 Å². The van der Waals surface area contributed by atoms with E-state index in [0.717, 1.165) is 22.4 Å². The Kier molecular flexibility index (Phi) is 4.70. The standard InChI is InChI=1S/C19H20N2O3/c1-13-16-12-15(22)7-8-18(16)24-21-17(13)9-10-20-19(23)11-14-5-3-2-4-6-14/h2-8,12,21-22H,9-11H2,1H3,(H,20,23). The number of carbonyl (C=O) groups is 1. The van der Waals surface area contributed by atoms with Gasteiger partial charge in [-0.05, 0) is 36.3 Å². The Labute approximate surface area is 140 Å². The lowest BCUT2D eigenvalue weighted by molar-refractivity contribution is -0.120. The maximum atomic E-state index is 12.0. The van der Waals surface area contributed by atoms with Crippen LogP contribution in [0.1, 0.15) is 24.5 Å². The number of amides is 1. The Balaban J connectivity index is 1.57. The number of hydrogen-bond acceptors (Lipinski definition) is 4. The molecule has 0 fully saturated rings. The highest BCUT2D eigenvalue weighted by Crippen LogP contribution is 2.34. The van der Waals surface area contributed by atoms with Gasteiger partial charge in [-0.1, -0.05) is 30.3 Å². The van der Waals surface area contributed by atoms with Crippen LogP contribution in [0.25, 0.3) is 5.57 Å². The predicted octanol–water partition coefficient (Wildman–Crippen LogP) is 2.77. The molecular weight excluding hydrogens is 304 g/mol. The summed E-state index contributed by atoms with van der Waals surface area (Å²) >= 11 is 0. The number of aromatic hydroxyl groups is 1. The van der Waals surface area contributed by atoms with E-state index in [-0.39, 0.29) is 11.7 Å². The van der Waals surface area contributed by atoms with E-state index in [9.17, 15) is 9.90 Å². The number of phenols is 1. The molecule has 0 aromatic heterocycles. The summed E-state index contributed by atoms with van der Waals surface area (Å²) < 4.78 is 0. The van der Waals surface area contributed by atoms with Gasteiger partial charge in [0.25, 0.3) is 0 Å². The summed E-state index contributed by atoms with van der Waals surface area (Å²) in [6.45, 7) is 2.48. The Hall–Kier alpha value is -2.95. The molecule has 5 heteroatoms. The molecule has 0 saturated carbocycles. The molecular formula is C19H20N2O3. The third kappa shape index (κ3) is 3.68. The summed E-state index contributed by atoms with van der Waals surface area (Å²) in [6, 6.07) is 14.6. The predicted molar refractivity (Wildman–Crippen MR) is 92.2 cm³/mol. The minimum absolute atomic E-state index is 0.00535. The first-order chi connectivity index (χ1) is 11.6. The topological polar surface area (TPSA) is 70.6 Å². The largest absolute Gasteiger partial charge is 0.508 e. The molecule has 0 atom stereocenters. The molecule has 0 radical (unpaired) electrons. The van der Waals surface area contributed by atoms with E-state index in [1.807, 2.05) is 37.3 Å². The normalized spacial score (nSPS) is 12.9. The number of allylic oxidation sites excluding steroid dienone is 1. The number of fused-ring (bicyclic) bond motifs is 1. The van der Waals surface area contributed by atoms with Crippen molar-refractivity contribution in [2.45, 2.75) is 19.8 Å². The Morgan fingerprint density at radius 1 is 1.21 bits per heavy atom. The average molecular weight is 324 g/mol. The second-order valence-electron chi connectivity index (χ2n) is 5.75. The fourth-order valence-corrected chi connectivity index (χ4v) is 2.66. The van der Waals surface area contributed by atoms with Crippen molar-refractivity contribution in [3.05, 3.63) is 65.4 Å². The van der Waals surface area contributed by atoms with Gasteiger partial charge in [-0.15, -0.1) is 0 Å². The highest BCUT2D eigenvalue weighted by molar-refractivity contribution is 5.78. The number of carbonyl (C=O) groups excluding carboxylic acids is 1. The number of hydrogen-bond donors (Lipinski definition) is 3. The minimum atomic E-state index is -0.00535. The molecule has 0 unspecified atom stereocenters. The lowest BCUT2D eigenvalue weighted by Crippen LogP contribution is -2.30. The van der Waals surface area contributed by atoms with E-state index in [1.165, 1.54) is 0 Å². The van der Waals surface area contributed by atoms with Gasteiger partial charge in [0, 0.05) is 18.5 Å². The van der Waals surface area contributed by atoms with Crippen LogP contribution in [-0.2, 0) is 11.2 Å². The summed E-state index contributed by atoms with van der Waals surface area (Å²) in [7, 11) is 0. The zero-order valence-corrected chi connectivity index (χ0v) is 13.5. The van der Waals surface area contributed by atoms with Gasteiger partial charge in [0.15, 0.2) is 5.75 Å². The van der Waals surface area contributed by atoms with Crippen LogP contribution in [0.5, 0.6) is 11.5 Å². The van der Waals surface area contributed by atoms with Crippen molar-refractivity contribution in [1.29, 1.82) is 0 Å². The molecule has 1 aliphatic rings. The molecule has 2 aromatic carbocycles. The first-order valence-electron chi connectivity index (χ1n) is 7.90. The zero-order chi connectivity index (χ0) is 16.9. The van der Waals surface area contributed by atoms with Gasteiger partial charge < -0.3 is 15.3 Å².